The van der Waals surface area contributed by atoms with Gasteiger partial charge in [0, 0.05) is 29.8 Å². The highest BCUT2D eigenvalue weighted by Crippen LogP contribution is 2.37. The molecule has 2 aliphatic heterocycles. The number of halogens is 1. The van der Waals surface area contributed by atoms with Crippen molar-refractivity contribution < 1.29 is 14.3 Å². The van der Waals surface area contributed by atoms with E-state index in [1.165, 1.54) is 12.1 Å². The van der Waals surface area contributed by atoms with Crippen LogP contribution in [-0.2, 0) is 6.54 Å². The Bertz CT molecular complexity index is 521. The maximum atomic E-state index is 13.9. The molecular weight excluding hydrogens is 259 g/mol. The minimum atomic E-state index is -0.539. The van der Waals surface area contributed by atoms with Gasteiger partial charge in [0.1, 0.15) is 5.82 Å². The minimum absolute atomic E-state index is 0.231. The van der Waals surface area contributed by atoms with Crippen molar-refractivity contribution in [1.82, 2.24) is 4.90 Å². The maximum absolute atomic E-state index is 13.9. The van der Waals surface area contributed by atoms with Crippen molar-refractivity contribution >= 4 is 5.91 Å². The summed E-state index contributed by atoms with van der Waals surface area (Å²) >= 11 is 0. The first-order valence-electron chi connectivity index (χ1n) is 7.06. The fraction of sp³-hybridized carbons (Fsp3) is 0.533. The van der Waals surface area contributed by atoms with Crippen molar-refractivity contribution in [2.75, 3.05) is 0 Å². The first-order valence-corrected chi connectivity index (χ1v) is 7.06. The number of amides is 1. The van der Waals surface area contributed by atoms with E-state index in [9.17, 15) is 14.3 Å². The van der Waals surface area contributed by atoms with E-state index in [1.54, 1.807) is 6.07 Å². The number of piperidine rings is 1. The van der Waals surface area contributed by atoms with E-state index in [-0.39, 0.29) is 11.9 Å². The molecule has 1 aromatic rings. The van der Waals surface area contributed by atoms with E-state index in [0.717, 1.165) is 25.7 Å². The van der Waals surface area contributed by atoms with Crippen molar-refractivity contribution in [2.45, 2.75) is 50.4 Å². The molecule has 2 atom stereocenters. The van der Waals surface area contributed by atoms with Crippen LogP contribution in [0.5, 0.6) is 0 Å². The molecule has 2 aliphatic rings. The second-order valence-corrected chi connectivity index (χ2v) is 5.85. The zero-order valence-electron chi connectivity index (χ0n) is 11.3. The zero-order valence-corrected chi connectivity index (χ0v) is 11.3. The van der Waals surface area contributed by atoms with Gasteiger partial charge in [0.25, 0.3) is 0 Å². The number of benzene rings is 1. The zero-order chi connectivity index (χ0) is 14.3. The molecule has 1 aromatic carbocycles. The van der Waals surface area contributed by atoms with E-state index in [4.69, 9.17) is 5.73 Å². The number of aliphatic hydroxyl groups excluding tert-OH is 1. The summed E-state index contributed by atoms with van der Waals surface area (Å²) in [6.07, 6.45) is 3.39. The molecule has 0 saturated carbocycles. The molecule has 2 heterocycles. The number of fused-ring (bicyclic) bond motifs is 2. The summed E-state index contributed by atoms with van der Waals surface area (Å²) < 4.78 is 13.9. The Hall–Kier alpha value is -1.46. The van der Waals surface area contributed by atoms with Gasteiger partial charge < -0.3 is 10.8 Å². The molecule has 2 unspecified atom stereocenters. The Balaban J connectivity index is 1.81. The van der Waals surface area contributed by atoms with E-state index in [1.807, 2.05) is 0 Å². The van der Waals surface area contributed by atoms with Crippen LogP contribution < -0.4 is 5.73 Å². The van der Waals surface area contributed by atoms with Crippen molar-refractivity contribution in [1.29, 1.82) is 0 Å². The van der Waals surface area contributed by atoms with Crippen LogP contribution in [0, 0.1) is 5.82 Å². The highest BCUT2D eigenvalue weighted by atomic mass is 19.1. The molecule has 3 rings (SSSR count). The Morgan fingerprint density at radius 3 is 2.60 bits per heavy atom. The van der Waals surface area contributed by atoms with Crippen LogP contribution in [0.2, 0.25) is 0 Å². The Labute approximate surface area is 117 Å². The normalized spacial score (nSPS) is 29.6. The first kappa shape index (κ1) is 13.5. The lowest BCUT2D eigenvalue weighted by Crippen LogP contribution is -2.44. The van der Waals surface area contributed by atoms with Gasteiger partial charge in [-0.15, -0.1) is 0 Å². The second kappa shape index (κ2) is 5.14. The van der Waals surface area contributed by atoms with Gasteiger partial charge in [0.15, 0.2) is 0 Å². The molecule has 2 fully saturated rings. The Morgan fingerprint density at radius 2 is 2.00 bits per heavy atom. The molecule has 4 nitrogen and oxygen atoms in total. The lowest BCUT2D eigenvalue weighted by atomic mass is 9.98. The number of carbonyl (C=O) groups excluding carboxylic acids is 1. The molecule has 2 saturated heterocycles. The van der Waals surface area contributed by atoms with Gasteiger partial charge >= 0.3 is 0 Å². The highest BCUT2D eigenvalue weighted by Gasteiger charge is 2.40. The number of nitrogens with zero attached hydrogens (tertiary/aromatic N) is 1. The third kappa shape index (κ3) is 2.43. The molecule has 0 aromatic heterocycles. The summed E-state index contributed by atoms with van der Waals surface area (Å²) in [4.78, 5) is 13.5. The second-order valence-electron chi connectivity index (χ2n) is 5.85. The molecule has 5 heteroatoms. The minimum Gasteiger partial charge on any atom is -0.393 e. The van der Waals surface area contributed by atoms with E-state index in [0.29, 0.717) is 29.8 Å². The van der Waals surface area contributed by atoms with Crippen LogP contribution in [-0.4, -0.2) is 34.1 Å². The Morgan fingerprint density at radius 1 is 1.35 bits per heavy atom. The molecule has 2 bridgehead atoms. The highest BCUT2D eigenvalue weighted by molar-refractivity contribution is 5.92. The monoisotopic (exact) mass is 278 g/mol. The van der Waals surface area contributed by atoms with Gasteiger partial charge in [-0.1, -0.05) is 0 Å². The van der Waals surface area contributed by atoms with Crippen molar-refractivity contribution in [3.8, 4) is 0 Å². The largest absolute Gasteiger partial charge is 0.393 e. The van der Waals surface area contributed by atoms with Crippen molar-refractivity contribution in [2.24, 2.45) is 5.73 Å². The third-order valence-electron chi connectivity index (χ3n) is 4.54. The van der Waals surface area contributed by atoms with Gasteiger partial charge in [-0.3, -0.25) is 9.69 Å². The molecule has 0 spiro atoms. The summed E-state index contributed by atoms with van der Waals surface area (Å²) in [5.41, 5.74) is 6.09. The average molecular weight is 278 g/mol. The third-order valence-corrected chi connectivity index (χ3v) is 4.54. The molecule has 20 heavy (non-hydrogen) atoms. The summed E-state index contributed by atoms with van der Waals surface area (Å²) in [6, 6.07) is 4.90. The molecule has 0 aliphatic carbocycles. The fourth-order valence-electron chi connectivity index (χ4n) is 3.55. The summed E-state index contributed by atoms with van der Waals surface area (Å²) in [5, 5.41) is 9.78. The molecular formula is C15H19FN2O2. The molecule has 0 radical (unpaired) electrons. The quantitative estimate of drug-likeness (QED) is 0.878. The van der Waals surface area contributed by atoms with E-state index in [2.05, 4.69) is 4.90 Å². The number of nitrogens with two attached hydrogens (primary N) is 1. The van der Waals surface area contributed by atoms with Crippen LogP contribution in [0.4, 0.5) is 4.39 Å². The van der Waals surface area contributed by atoms with Crippen LogP contribution in [0.25, 0.3) is 0 Å². The number of rotatable bonds is 3. The lowest BCUT2D eigenvalue weighted by Gasteiger charge is -2.37. The smallest absolute Gasteiger partial charge is 0.248 e. The number of hydrogen-bond acceptors (Lipinski definition) is 3. The topological polar surface area (TPSA) is 66.6 Å². The lowest BCUT2D eigenvalue weighted by molar-refractivity contribution is 0.0305. The number of primary amides is 1. The maximum Gasteiger partial charge on any atom is 0.248 e. The predicted molar refractivity (Wildman–Crippen MR) is 72.5 cm³/mol. The number of carbonyl (C=O) groups is 1. The number of aliphatic hydroxyl groups is 1. The van der Waals surface area contributed by atoms with Crippen LogP contribution in [0.15, 0.2) is 18.2 Å². The molecule has 108 valence electrons. The van der Waals surface area contributed by atoms with E-state index < -0.39 is 5.91 Å². The average Bonchev–Trinajstić information content (AvgIpc) is 2.64. The van der Waals surface area contributed by atoms with Crippen molar-refractivity contribution in [3.63, 3.8) is 0 Å². The van der Waals surface area contributed by atoms with E-state index >= 15 is 0 Å². The fourth-order valence-corrected chi connectivity index (χ4v) is 3.55. The van der Waals surface area contributed by atoms with Crippen LogP contribution >= 0.6 is 0 Å². The van der Waals surface area contributed by atoms with Gasteiger partial charge in [-0.05, 0) is 43.9 Å². The van der Waals surface area contributed by atoms with Gasteiger partial charge in [0.05, 0.1) is 6.10 Å². The molecule has 3 N–H and O–H groups in total. The SMILES string of the molecule is NC(=O)c1ccc(F)c(CN2C3CCC2CC(O)C3)c1. The van der Waals surface area contributed by atoms with Crippen LogP contribution in [0.3, 0.4) is 0 Å². The summed E-state index contributed by atoms with van der Waals surface area (Å²) in [5.74, 6) is -0.844. The summed E-state index contributed by atoms with van der Waals surface area (Å²) in [6.45, 7) is 0.481. The van der Waals surface area contributed by atoms with Crippen LogP contribution in [0.1, 0.15) is 41.6 Å². The van der Waals surface area contributed by atoms with Gasteiger partial charge in [0.2, 0.25) is 5.91 Å². The Kier molecular flexibility index (Phi) is 3.48. The van der Waals surface area contributed by atoms with Crippen molar-refractivity contribution in [3.05, 3.63) is 35.1 Å². The van der Waals surface area contributed by atoms with Gasteiger partial charge in [-0.2, -0.15) is 0 Å². The van der Waals surface area contributed by atoms with Gasteiger partial charge in [-0.25, -0.2) is 4.39 Å². The molecule has 1 amide bonds. The standard InChI is InChI=1S/C15H19FN2O2/c16-14-4-1-9(15(17)20)5-10(14)8-18-11-2-3-12(18)7-13(19)6-11/h1,4-5,11-13,19H,2-3,6-8H2,(H2,17,20). The first-order chi connectivity index (χ1) is 9.54. The predicted octanol–water partition coefficient (Wildman–Crippen LogP) is 1.41. The summed E-state index contributed by atoms with van der Waals surface area (Å²) in [7, 11) is 0. The number of hydrogen-bond donors (Lipinski definition) is 2.